The highest BCUT2D eigenvalue weighted by molar-refractivity contribution is 5.80. The van der Waals surface area contributed by atoms with E-state index in [1.165, 1.54) is 12.1 Å². The van der Waals surface area contributed by atoms with E-state index in [9.17, 15) is 13.2 Å². The van der Waals surface area contributed by atoms with Gasteiger partial charge in [-0.05, 0) is 25.8 Å². The first-order chi connectivity index (χ1) is 10.5. The Morgan fingerprint density at radius 2 is 1.95 bits per heavy atom. The molecule has 0 aliphatic carbocycles. The van der Waals surface area contributed by atoms with Crippen molar-refractivity contribution in [3.63, 3.8) is 0 Å². The second-order valence-electron chi connectivity index (χ2n) is 5.02. The molecule has 4 nitrogen and oxygen atoms in total. The van der Waals surface area contributed by atoms with Gasteiger partial charge in [-0.2, -0.15) is 0 Å². The maximum absolute atomic E-state index is 12.4. The number of para-hydroxylation sites is 1. The van der Waals surface area contributed by atoms with E-state index in [0.717, 1.165) is 38.4 Å². The molecular formula is C15H20F3N3O. The first-order valence-electron chi connectivity index (χ1n) is 7.36. The van der Waals surface area contributed by atoms with Crippen LogP contribution in [0.4, 0.5) is 13.2 Å². The van der Waals surface area contributed by atoms with Crippen LogP contribution < -0.4 is 10.1 Å². The van der Waals surface area contributed by atoms with E-state index in [1.54, 1.807) is 12.1 Å². The molecule has 0 bridgehead atoms. The molecular weight excluding hydrogens is 295 g/mol. The van der Waals surface area contributed by atoms with Crippen molar-refractivity contribution in [2.24, 2.45) is 4.99 Å². The van der Waals surface area contributed by atoms with E-state index in [0.29, 0.717) is 5.56 Å². The van der Waals surface area contributed by atoms with Crippen LogP contribution in [0.5, 0.6) is 5.75 Å². The standard InChI is InChI=1S/C15H20F3N3O/c1-2-19-14(21-9-5-6-10-21)20-11-12-7-3-4-8-13(12)22-15(16,17)18/h3-4,7-8H,2,5-6,9-11H2,1H3,(H,19,20). The van der Waals surface area contributed by atoms with Crippen LogP contribution in [0.25, 0.3) is 0 Å². The van der Waals surface area contributed by atoms with E-state index in [4.69, 9.17) is 0 Å². The van der Waals surface area contributed by atoms with Gasteiger partial charge in [-0.3, -0.25) is 0 Å². The minimum absolute atomic E-state index is 0.144. The molecule has 1 N–H and O–H groups in total. The largest absolute Gasteiger partial charge is 0.573 e. The lowest BCUT2D eigenvalue weighted by atomic mass is 10.2. The highest BCUT2D eigenvalue weighted by atomic mass is 19.4. The summed E-state index contributed by atoms with van der Waals surface area (Å²) in [5.41, 5.74) is 0.412. The maximum atomic E-state index is 12.4. The van der Waals surface area contributed by atoms with Gasteiger partial charge in [-0.1, -0.05) is 18.2 Å². The molecule has 22 heavy (non-hydrogen) atoms. The number of halogens is 3. The lowest BCUT2D eigenvalue weighted by molar-refractivity contribution is -0.274. The van der Waals surface area contributed by atoms with Crippen molar-refractivity contribution in [3.8, 4) is 5.75 Å². The topological polar surface area (TPSA) is 36.9 Å². The fraction of sp³-hybridized carbons (Fsp3) is 0.533. The smallest absolute Gasteiger partial charge is 0.405 e. The monoisotopic (exact) mass is 315 g/mol. The zero-order valence-electron chi connectivity index (χ0n) is 12.5. The first-order valence-corrected chi connectivity index (χ1v) is 7.36. The molecule has 0 unspecified atom stereocenters. The second kappa shape index (κ2) is 7.38. The summed E-state index contributed by atoms with van der Waals surface area (Å²) in [4.78, 5) is 6.56. The van der Waals surface area contributed by atoms with Gasteiger partial charge in [-0.25, -0.2) is 4.99 Å². The molecule has 7 heteroatoms. The Bertz CT molecular complexity index is 511. The predicted octanol–water partition coefficient (Wildman–Crippen LogP) is 3.15. The van der Waals surface area contributed by atoms with Gasteiger partial charge in [0.2, 0.25) is 0 Å². The van der Waals surface area contributed by atoms with Crippen LogP contribution in [0.3, 0.4) is 0 Å². The maximum Gasteiger partial charge on any atom is 0.573 e. The number of nitrogens with one attached hydrogen (secondary N) is 1. The van der Waals surface area contributed by atoms with Gasteiger partial charge in [0.05, 0.1) is 6.54 Å². The number of nitrogens with zero attached hydrogens (tertiary/aromatic N) is 2. The van der Waals surface area contributed by atoms with Crippen LogP contribution in [0.1, 0.15) is 25.3 Å². The van der Waals surface area contributed by atoms with Crippen molar-refractivity contribution in [3.05, 3.63) is 29.8 Å². The quantitative estimate of drug-likeness (QED) is 0.685. The van der Waals surface area contributed by atoms with Gasteiger partial charge in [0.1, 0.15) is 5.75 Å². The fourth-order valence-corrected chi connectivity index (χ4v) is 2.37. The normalized spacial score (nSPS) is 16.0. The number of ether oxygens (including phenoxy) is 1. The van der Waals surface area contributed by atoms with Gasteiger partial charge >= 0.3 is 6.36 Å². The summed E-state index contributed by atoms with van der Waals surface area (Å²) in [7, 11) is 0. The van der Waals surface area contributed by atoms with Crippen molar-refractivity contribution in [2.45, 2.75) is 32.7 Å². The number of hydrogen-bond acceptors (Lipinski definition) is 2. The fourth-order valence-electron chi connectivity index (χ4n) is 2.37. The highest BCUT2D eigenvalue weighted by Crippen LogP contribution is 2.26. The van der Waals surface area contributed by atoms with Crippen LogP contribution in [-0.4, -0.2) is 36.9 Å². The number of benzene rings is 1. The Balaban J connectivity index is 2.12. The number of alkyl halides is 3. The Morgan fingerprint density at radius 3 is 2.59 bits per heavy atom. The van der Waals surface area contributed by atoms with Crippen LogP contribution in [0.15, 0.2) is 29.3 Å². The minimum atomic E-state index is -4.70. The molecule has 1 aliphatic heterocycles. The van der Waals surface area contributed by atoms with Crippen LogP contribution in [0, 0.1) is 0 Å². The second-order valence-corrected chi connectivity index (χ2v) is 5.02. The Kier molecular flexibility index (Phi) is 5.51. The third-order valence-corrected chi connectivity index (χ3v) is 3.34. The van der Waals surface area contributed by atoms with Crippen LogP contribution in [0.2, 0.25) is 0 Å². The van der Waals surface area contributed by atoms with Gasteiger partial charge in [-0.15, -0.1) is 13.2 Å². The van der Waals surface area contributed by atoms with E-state index in [2.05, 4.69) is 19.9 Å². The van der Waals surface area contributed by atoms with Gasteiger partial charge < -0.3 is 15.0 Å². The number of hydrogen-bond donors (Lipinski definition) is 1. The number of aliphatic imine (C=N–C) groups is 1. The molecule has 1 aromatic carbocycles. The zero-order chi connectivity index (χ0) is 16.0. The minimum Gasteiger partial charge on any atom is -0.405 e. The van der Waals surface area contributed by atoms with Gasteiger partial charge in [0, 0.05) is 25.2 Å². The molecule has 0 spiro atoms. The van der Waals surface area contributed by atoms with E-state index in [-0.39, 0.29) is 12.3 Å². The van der Waals surface area contributed by atoms with E-state index < -0.39 is 6.36 Å². The molecule has 0 atom stereocenters. The molecule has 2 rings (SSSR count). The van der Waals surface area contributed by atoms with E-state index >= 15 is 0 Å². The summed E-state index contributed by atoms with van der Waals surface area (Å²) < 4.78 is 41.3. The van der Waals surface area contributed by atoms with Gasteiger partial charge in [0.25, 0.3) is 0 Å². The average molecular weight is 315 g/mol. The van der Waals surface area contributed by atoms with Crippen molar-refractivity contribution < 1.29 is 17.9 Å². The molecule has 1 fully saturated rings. The summed E-state index contributed by atoms with van der Waals surface area (Å²) >= 11 is 0. The zero-order valence-corrected chi connectivity index (χ0v) is 12.5. The third-order valence-electron chi connectivity index (χ3n) is 3.34. The molecule has 0 saturated carbocycles. The summed E-state index contributed by atoms with van der Waals surface area (Å²) in [6, 6.07) is 6.09. The third kappa shape index (κ3) is 4.82. The summed E-state index contributed by atoms with van der Waals surface area (Å²) in [5.74, 6) is 0.540. The van der Waals surface area contributed by atoms with Crippen molar-refractivity contribution in [1.29, 1.82) is 0 Å². The van der Waals surface area contributed by atoms with Crippen molar-refractivity contribution in [2.75, 3.05) is 19.6 Å². The number of guanidine groups is 1. The summed E-state index contributed by atoms with van der Waals surface area (Å²) in [6.45, 7) is 4.67. The first kappa shape index (κ1) is 16.5. The van der Waals surface area contributed by atoms with Crippen molar-refractivity contribution >= 4 is 5.96 Å². The Labute approximate surface area is 128 Å². The number of rotatable bonds is 4. The van der Waals surface area contributed by atoms with Gasteiger partial charge in [0.15, 0.2) is 5.96 Å². The summed E-state index contributed by atoms with van der Waals surface area (Å²) in [5, 5.41) is 3.18. The molecule has 0 aromatic heterocycles. The lowest BCUT2D eigenvalue weighted by Gasteiger charge is -2.21. The molecule has 0 amide bonds. The van der Waals surface area contributed by atoms with Crippen LogP contribution >= 0.6 is 0 Å². The Morgan fingerprint density at radius 1 is 1.27 bits per heavy atom. The SMILES string of the molecule is CCNC(=NCc1ccccc1OC(F)(F)F)N1CCCC1. The lowest BCUT2D eigenvalue weighted by Crippen LogP contribution is -2.39. The molecule has 1 saturated heterocycles. The van der Waals surface area contributed by atoms with Crippen molar-refractivity contribution in [1.82, 2.24) is 10.2 Å². The molecule has 1 aliphatic rings. The average Bonchev–Trinajstić information content (AvgIpc) is 2.97. The van der Waals surface area contributed by atoms with Crippen LogP contribution in [-0.2, 0) is 6.54 Å². The summed E-state index contributed by atoms with van der Waals surface area (Å²) in [6.07, 6.45) is -2.48. The molecule has 1 heterocycles. The predicted molar refractivity (Wildman–Crippen MR) is 78.7 cm³/mol. The molecule has 122 valence electrons. The molecule has 1 aromatic rings. The van der Waals surface area contributed by atoms with E-state index in [1.807, 2.05) is 6.92 Å². The number of likely N-dealkylation sites (tertiary alicyclic amines) is 1. The highest BCUT2D eigenvalue weighted by Gasteiger charge is 2.31. The molecule has 0 radical (unpaired) electrons. The Hall–Kier alpha value is -1.92.